The average Bonchev–Trinajstić information content (AvgIpc) is 2.33. The molecule has 0 atom stereocenters. The van der Waals surface area contributed by atoms with E-state index in [-0.39, 0.29) is 0 Å². The minimum atomic E-state index is 0.859. The summed E-state index contributed by atoms with van der Waals surface area (Å²) in [4.78, 5) is 10.7. The van der Waals surface area contributed by atoms with Crippen LogP contribution in [0.1, 0.15) is 11.4 Å². The molecule has 1 aromatic heterocycles. The van der Waals surface area contributed by atoms with E-state index >= 15 is 0 Å². The smallest absolute Gasteiger partial charge is 0.135 e. The van der Waals surface area contributed by atoms with E-state index in [2.05, 4.69) is 21.9 Å². The number of aryl methyl sites for hydroxylation is 1. The van der Waals surface area contributed by atoms with E-state index in [4.69, 9.17) is 0 Å². The highest BCUT2D eigenvalue weighted by Crippen LogP contribution is 2.22. The standard InChI is InChI=1S/C8H11N3/c1-6-9-5-7-3-4-11(2)8(7)10-6/h5H,3-4H2,1-2H3. The zero-order valence-electron chi connectivity index (χ0n) is 6.83. The summed E-state index contributed by atoms with van der Waals surface area (Å²) in [5.74, 6) is 1.97. The quantitative estimate of drug-likeness (QED) is 0.545. The van der Waals surface area contributed by atoms with Gasteiger partial charge in [0.15, 0.2) is 0 Å². The monoisotopic (exact) mass is 149 g/mol. The molecule has 11 heavy (non-hydrogen) atoms. The minimum absolute atomic E-state index is 0.859. The molecule has 0 bridgehead atoms. The Bertz CT molecular complexity index is 283. The van der Waals surface area contributed by atoms with Gasteiger partial charge in [0, 0.05) is 25.4 Å². The van der Waals surface area contributed by atoms with Crippen molar-refractivity contribution in [3.05, 3.63) is 17.6 Å². The van der Waals surface area contributed by atoms with Crippen LogP contribution in [0.3, 0.4) is 0 Å². The van der Waals surface area contributed by atoms with Crippen molar-refractivity contribution in [1.29, 1.82) is 0 Å². The number of hydrogen-bond acceptors (Lipinski definition) is 3. The Kier molecular flexibility index (Phi) is 1.31. The van der Waals surface area contributed by atoms with Crippen LogP contribution in [0.2, 0.25) is 0 Å². The molecule has 2 heterocycles. The number of nitrogens with zero attached hydrogens (tertiary/aromatic N) is 3. The lowest BCUT2D eigenvalue weighted by atomic mass is 10.3. The van der Waals surface area contributed by atoms with E-state index in [1.807, 2.05) is 13.1 Å². The third kappa shape index (κ3) is 0.964. The second-order valence-electron chi connectivity index (χ2n) is 2.94. The van der Waals surface area contributed by atoms with Crippen LogP contribution in [-0.2, 0) is 6.42 Å². The molecule has 0 unspecified atom stereocenters. The van der Waals surface area contributed by atoms with Crippen molar-refractivity contribution in [2.24, 2.45) is 0 Å². The zero-order chi connectivity index (χ0) is 7.84. The number of hydrogen-bond donors (Lipinski definition) is 0. The van der Waals surface area contributed by atoms with Crippen molar-refractivity contribution in [3.63, 3.8) is 0 Å². The number of anilines is 1. The molecule has 58 valence electrons. The SMILES string of the molecule is Cc1ncc2c(n1)N(C)CC2. The van der Waals surface area contributed by atoms with Crippen LogP contribution in [0.15, 0.2) is 6.20 Å². The first-order valence-corrected chi connectivity index (χ1v) is 3.81. The van der Waals surface area contributed by atoms with Crippen molar-refractivity contribution in [1.82, 2.24) is 9.97 Å². The molecular formula is C8H11N3. The maximum absolute atomic E-state index is 4.35. The third-order valence-corrected chi connectivity index (χ3v) is 2.04. The van der Waals surface area contributed by atoms with Gasteiger partial charge in [-0.15, -0.1) is 0 Å². The Morgan fingerprint density at radius 3 is 3.18 bits per heavy atom. The van der Waals surface area contributed by atoms with Gasteiger partial charge in [-0.3, -0.25) is 0 Å². The second kappa shape index (κ2) is 2.19. The first kappa shape index (κ1) is 6.58. The molecule has 0 amide bonds. The lowest BCUT2D eigenvalue weighted by Crippen LogP contribution is -2.14. The van der Waals surface area contributed by atoms with E-state index in [1.54, 1.807) is 0 Å². The average molecular weight is 149 g/mol. The van der Waals surface area contributed by atoms with Gasteiger partial charge in [0.2, 0.25) is 0 Å². The van der Waals surface area contributed by atoms with E-state index in [9.17, 15) is 0 Å². The van der Waals surface area contributed by atoms with Crippen molar-refractivity contribution >= 4 is 5.82 Å². The summed E-state index contributed by atoms with van der Waals surface area (Å²) in [7, 11) is 2.07. The summed E-state index contributed by atoms with van der Waals surface area (Å²) in [6, 6.07) is 0. The highest BCUT2D eigenvalue weighted by molar-refractivity contribution is 5.49. The first-order chi connectivity index (χ1) is 5.27. The van der Waals surface area contributed by atoms with Crippen LogP contribution in [0.5, 0.6) is 0 Å². The Hall–Kier alpha value is -1.12. The molecule has 3 nitrogen and oxygen atoms in total. The summed E-state index contributed by atoms with van der Waals surface area (Å²) >= 11 is 0. The highest BCUT2D eigenvalue weighted by Gasteiger charge is 2.16. The summed E-state index contributed by atoms with van der Waals surface area (Å²) in [5.41, 5.74) is 1.28. The van der Waals surface area contributed by atoms with Gasteiger partial charge in [-0.05, 0) is 13.3 Å². The van der Waals surface area contributed by atoms with Gasteiger partial charge >= 0.3 is 0 Å². The molecule has 2 rings (SSSR count). The fourth-order valence-corrected chi connectivity index (χ4v) is 1.38. The van der Waals surface area contributed by atoms with Gasteiger partial charge in [0.25, 0.3) is 0 Å². The topological polar surface area (TPSA) is 29.0 Å². The van der Waals surface area contributed by atoms with Crippen LogP contribution < -0.4 is 4.90 Å². The van der Waals surface area contributed by atoms with E-state index < -0.39 is 0 Å². The number of aromatic nitrogens is 2. The van der Waals surface area contributed by atoms with E-state index in [1.165, 1.54) is 5.56 Å². The molecular weight excluding hydrogens is 138 g/mol. The molecule has 0 aromatic carbocycles. The molecule has 0 saturated heterocycles. The van der Waals surface area contributed by atoms with Crippen molar-refractivity contribution in [2.75, 3.05) is 18.5 Å². The van der Waals surface area contributed by atoms with Crippen molar-refractivity contribution in [3.8, 4) is 0 Å². The summed E-state index contributed by atoms with van der Waals surface area (Å²) in [6.45, 7) is 3.00. The predicted molar refractivity (Wildman–Crippen MR) is 43.7 cm³/mol. The van der Waals surface area contributed by atoms with Gasteiger partial charge in [-0.25, -0.2) is 9.97 Å². The van der Waals surface area contributed by atoms with Crippen LogP contribution in [-0.4, -0.2) is 23.6 Å². The van der Waals surface area contributed by atoms with E-state index in [0.29, 0.717) is 0 Å². The predicted octanol–water partition coefficient (Wildman–Crippen LogP) is 0.777. The van der Waals surface area contributed by atoms with Crippen LogP contribution >= 0.6 is 0 Å². The van der Waals surface area contributed by atoms with Crippen LogP contribution in [0.25, 0.3) is 0 Å². The maximum Gasteiger partial charge on any atom is 0.135 e. The molecule has 0 radical (unpaired) electrons. The Labute approximate surface area is 66.1 Å². The first-order valence-electron chi connectivity index (χ1n) is 3.81. The lowest BCUT2D eigenvalue weighted by molar-refractivity contribution is 0.941. The zero-order valence-corrected chi connectivity index (χ0v) is 6.83. The summed E-state index contributed by atoms with van der Waals surface area (Å²) in [6.07, 6.45) is 3.02. The lowest BCUT2D eigenvalue weighted by Gasteiger charge is -2.09. The molecule has 1 aliphatic rings. The van der Waals surface area contributed by atoms with Gasteiger partial charge in [-0.2, -0.15) is 0 Å². The van der Waals surface area contributed by atoms with Gasteiger partial charge in [0.05, 0.1) is 0 Å². The van der Waals surface area contributed by atoms with Gasteiger partial charge < -0.3 is 4.90 Å². The summed E-state index contributed by atoms with van der Waals surface area (Å²) in [5, 5.41) is 0. The fourth-order valence-electron chi connectivity index (χ4n) is 1.38. The summed E-state index contributed by atoms with van der Waals surface area (Å²) < 4.78 is 0. The Balaban J connectivity index is 2.52. The van der Waals surface area contributed by atoms with Gasteiger partial charge in [-0.1, -0.05) is 0 Å². The Morgan fingerprint density at radius 2 is 2.36 bits per heavy atom. The molecule has 1 aromatic rings. The molecule has 0 saturated carbocycles. The fraction of sp³-hybridized carbons (Fsp3) is 0.500. The number of likely N-dealkylation sites (N-methyl/N-ethyl adjacent to an activating group) is 1. The van der Waals surface area contributed by atoms with Crippen molar-refractivity contribution in [2.45, 2.75) is 13.3 Å². The van der Waals surface area contributed by atoms with Crippen LogP contribution in [0.4, 0.5) is 5.82 Å². The van der Waals surface area contributed by atoms with E-state index in [0.717, 1.165) is 24.6 Å². The number of rotatable bonds is 0. The normalized spacial score (nSPS) is 15.3. The molecule has 3 heteroatoms. The minimum Gasteiger partial charge on any atom is -0.359 e. The van der Waals surface area contributed by atoms with Crippen molar-refractivity contribution < 1.29 is 0 Å². The number of fused-ring (bicyclic) bond motifs is 1. The molecule has 0 aliphatic carbocycles. The second-order valence-corrected chi connectivity index (χ2v) is 2.94. The van der Waals surface area contributed by atoms with Gasteiger partial charge in [0.1, 0.15) is 11.6 Å². The largest absolute Gasteiger partial charge is 0.359 e. The maximum atomic E-state index is 4.35. The molecule has 1 aliphatic heterocycles. The third-order valence-electron chi connectivity index (χ3n) is 2.04. The molecule has 0 spiro atoms. The van der Waals surface area contributed by atoms with Crippen LogP contribution in [0, 0.1) is 6.92 Å². The Morgan fingerprint density at radius 1 is 1.55 bits per heavy atom. The molecule has 0 fully saturated rings. The molecule has 0 N–H and O–H groups in total. The highest BCUT2D eigenvalue weighted by atomic mass is 15.2.